The summed E-state index contributed by atoms with van der Waals surface area (Å²) in [5, 5.41) is 9.42. The van der Waals surface area contributed by atoms with Gasteiger partial charge < -0.3 is 14.6 Å². The predicted octanol–water partition coefficient (Wildman–Crippen LogP) is 3.06. The van der Waals surface area contributed by atoms with Crippen molar-refractivity contribution in [2.24, 2.45) is 13.0 Å². The number of amides is 1. The highest BCUT2D eigenvalue weighted by Gasteiger charge is 2.26. The molecule has 2 heterocycles. The van der Waals surface area contributed by atoms with E-state index in [9.17, 15) is 14.7 Å². The molecule has 1 saturated heterocycles. The Bertz CT molecular complexity index is 787. The van der Waals surface area contributed by atoms with Crippen molar-refractivity contribution < 1.29 is 14.7 Å². The van der Waals surface area contributed by atoms with Gasteiger partial charge in [-0.1, -0.05) is 30.3 Å². The molecular weight excluding hydrogens is 328 g/mol. The van der Waals surface area contributed by atoms with Crippen molar-refractivity contribution in [2.45, 2.75) is 32.6 Å². The number of aromatic carboxylic acids is 1. The molecule has 0 bridgehead atoms. The van der Waals surface area contributed by atoms with E-state index in [0.717, 1.165) is 32.4 Å². The third kappa shape index (κ3) is 3.98. The van der Waals surface area contributed by atoms with Crippen molar-refractivity contribution in [2.75, 3.05) is 13.1 Å². The molecule has 5 nitrogen and oxygen atoms in total. The fourth-order valence-corrected chi connectivity index (χ4v) is 3.93. The van der Waals surface area contributed by atoms with Crippen LogP contribution >= 0.6 is 0 Å². The Hall–Kier alpha value is -2.56. The fourth-order valence-electron chi connectivity index (χ4n) is 3.93. The Morgan fingerprint density at radius 3 is 2.42 bits per heavy atom. The van der Waals surface area contributed by atoms with Crippen LogP contribution in [-0.4, -0.2) is 39.5 Å². The fraction of sp³-hybridized carbons (Fsp3) is 0.429. The molecule has 5 heteroatoms. The maximum absolute atomic E-state index is 12.7. The van der Waals surface area contributed by atoms with Gasteiger partial charge in [0.15, 0.2) is 0 Å². The standard InChI is InChI=1S/C21H26N2O3/c1-15-14-22(2)18(20(15)21(25)26)13-19(24)23-10-8-17(9-11-23)12-16-6-4-3-5-7-16/h3-7,14,17H,8-13H2,1-2H3,(H,25,26). The molecular formula is C21H26N2O3. The summed E-state index contributed by atoms with van der Waals surface area (Å²) in [6.07, 6.45) is 4.98. The second-order valence-corrected chi connectivity index (χ2v) is 7.24. The lowest BCUT2D eigenvalue weighted by Gasteiger charge is -2.32. The van der Waals surface area contributed by atoms with Gasteiger partial charge in [0.25, 0.3) is 0 Å². The minimum absolute atomic E-state index is 0.0202. The van der Waals surface area contributed by atoms with Crippen molar-refractivity contribution in [1.82, 2.24) is 9.47 Å². The van der Waals surface area contributed by atoms with Crippen LogP contribution in [0, 0.1) is 12.8 Å². The van der Waals surface area contributed by atoms with Gasteiger partial charge in [-0.15, -0.1) is 0 Å². The van der Waals surface area contributed by atoms with Gasteiger partial charge in [0.1, 0.15) is 0 Å². The van der Waals surface area contributed by atoms with Gasteiger partial charge in [-0.05, 0) is 43.2 Å². The number of likely N-dealkylation sites (tertiary alicyclic amines) is 1. The predicted molar refractivity (Wildman–Crippen MR) is 100 cm³/mol. The first-order valence-corrected chi connectivity index (χ1v) is 9.15. The van der Waals surface area contributed by atoms with Crippen molar-refractivity contribution in [3.63, 3.8) is 0 Å². The first-order chi connectivity index (χ1) is 12.5. The van der Waals surface area contributed by atoms with Crippen molar-refractivity contribution >= 4 is 11.9 Å². The molecule has 1 aliphatic rings. The Labute approximate surface area is 154 Å². The van der Waals surface area contributed by atoms with Crippen LogP contribution in [0.5, 0.6) is 0 Å². The lowest BCUT2D eigenvalue weighted by Crippen LogP contribution is -2.40. The Kier molecular flexibility index (Phi) is 5.45. The number of aromatic nitrogens is 1. The van der Waals surface area contributed by atoms with Crippen LogP contribution in [-0.2, 0) is 24.7 Å². The van der Waals surface area contributed by atoms with Crippen LogP contribution < -0.4 is 0 Å². The molecule has 26 heavy (non-hydrogen) atoms. The molecule has 138 valence electrons. The number of nitrogens with zero attached hydrogens (tertiary/aromatic N) is 2. The molecule has 0 radical (unpaired) electrons. The smallest absolute Gasteiger partial charge is 0.337 e. The van der Waals surface area contributed by atoms with Crippen molar-refractivity contribution in [1.29, 1.82) is 0 Å². The van der Waals surface area contributed by atoms with Crippen LogP contribution in [0.4, 0.5) is 0 Å². The average Bonchev–Trinajstić information content (AvgIpc) is 2.90. The van der Waals surface area contributed by atoms with Crippen LogP contribution in [0.15, 0.2) is 36.5 Å². The Morgan fingerprint density at radius 1 is 1.15 bits per heavy atom. The van der Waals surface area contributed by atoms with E-state index in [-0.39, 0.29) is 17.9 Å². The number of piperidine rings is 1. The molecule has 1 amide bonds. The number of benzene rings is 1. The van der Waals surface area contributed by atoms with E-state index in [4.69, 9.17) is 0 Å². The van der Waals surface area contributed by atoms with Gasteiger partial charge in [-0.3, -0.25) is 4.79 Å². The van der Waals surface area contributed by atoms with E-state index < -0.39 is 5.97 Å². The largest absolute Gasteiger partial charge is 0.478 e. The second kappa shape index (κ2) is 7.77. The summed E-state index contributed by atoms with van der Waals surface area (Å²) >= 11 is 0. The highest BCUT2D eigenvalue weighted by atomic mass is 16.4. The highest BCUT2D eigenvalue weighted by Crippen LogP contribution is 2.23. The van der Waals surface area contributed by atoms with E-state index in [1.807, 2.05) is 11.0 Å². The molecule has 1 aromatic heterocycles. The van der Waals surface area contributed by atoms with Gasteiger partial charge in [0, 0.05) is 32.0 Å². The lowest BCUT2D eigenvalue weighted by molar-refractivity contribution is -0.131. The summed E-state index contributed by atoms with van der Waals surface area (Å²) in [7, 11) is 1.80. The molecule has 1 aliphatic heterocycles. The SMILES string of the molecule is Cc1cn(C)c(CC(=O)N2CCC(Cc3ccccc3)CC2)c1C(=O)O. The number of carbonyl (C=O) groups is 2. The molecule has 0 aliphatic carbocycles. The van der Waals surface area contributed by atoms with Crippen LogP contribution in [0.3, 0.4) is 0 Å². The van der Waals surface area contributed by atoms with E-state index in [0.29, 0.717) is 17.2 Å². The number of hydrogen-bond acceptors (Lipinski definition) is 2. The third-order valence-electron chi connectivity index (χ3n) is 5.36. The maximum atomic E-state index is 12.7. The molecule has 1 N–H and O–H groups in total. The minimum Gasteiger partial charge on any atom is -0.478 e. The number of carbonyl (C=O) groups excluding carboxylic acids is 1. The quantitative estimate of drug-likeness (QED) is 0.898. The summed E-state index contributed by atoms with van der Waals surface area (Å²) in [6, 6.07) is 10.5. The summed E-state index contributed by atoms with van der Waals surface area (Å²) in [4.78, 5) is 26.1. The molecule has 2 aromatic rings. The average molecular weight is 354 g/mol. The van der Waals surface area contributed by atoms with Crippen LogP contribution in [0.1, 0.15) is 40.0 Å². The van der Waals surface area contributed by atoms with Gasteiger partial charge in [0.2, 0.25) is 5.91 Å². The first kappa shape index (κ1) is 18.2. The van der Waals surface area contributed by atoms with Crippen molar-refractivity contribution in [3.8, 4) is 0 Å². The normalized spacial score (nSPS) is 15.2. The van der Waals surface area contributed by atoms with Gasteiger partial charge in [-0.2, -0.15) is 0 Å². The van der Waals surface area contributed by atoms with Crippen molar-refractivity contribution in [3.05, 3.63) is 58.9 Å². The summed E-state index contributed by atoms with van der Waals surface area (Å²) < 4.78 is 1.76. The second-order valence-electron chi connectivity index (χ2n) is 7.24. The zero-order chi connectivity index (χ0) is 18.7. The first-order valence-electron chi connectivity index (χ1n) is 9.15. The molecule has 1 fully saturated rings. The lowest BCUT2D eigenvalue weighted by atomic mass is 9.90. The molecule has 1 aromatic carbocycles. The number of carboxylic acid groups (broad SMARTS) is 1. The highest BCUT2D eigenvalue weighted by molar-refractivity contribution is 5.93. The zero-order valence-corrected chi connectivity index (χ0v) is 15.4. The number of aryl methyl sites for hydroxylation is 2. The molecule has 0 unspecified atom stereocenters. The Morgan fingerprint density at radius 2 is 1.81 bits per heavy atom. The van der Waals surface area contributed by atoms with E-state index in [1.165, 1.54) is 5.56 Å². The topological polar surface area (TPSA) is 62.5 Å². The number of hydrogen-bond donors (Lipinski definition) is 1. The zero-order valence-electron chi connectivity index (χ0n) is 15.4. The van der Waals surface area contributed by atoms with Gasteiger partial charge >= 0.3 is 5.97 Å². The minimum atomic E-state index is -0.965. The summed E-state index contributed by atoms with van der Waals surface area (Å²) in [5.41, 5.74) is 2.90. The van der Waals surface area contributed by atoms with Gasteiger partial charge in [-0.25, -0.2) is 4.79 Å². The molecule has 3 rings (SSSR count). The summed E-state index contributed by atoms with van der Waals surface area (Å²) in [5.74, 6) is -0.340. The maximum Gasteiger partial charge on any atom is 0.337 e. The molecule has 0 saturated carbocycles. The van der Waals surface area contributed by atoms with E-state index in [2.05, 4.69) is 24.3 Å². The number of carboxylic acids is 1. The number of rotatable bonds is 5. The van der Waals surface area contributed by atoms with Crippen LogP contribution in [0.25, 0.3) is 0 Å². The molecule has 0 atom stereocenters. The van der Waals surface area contributed by atoms with E-state index in [1.54, 1.807) is 24.7 Å². The Balaban J connectivity index is 1.58. The van der Waals surface area contributed by atoms with Gasteiger partial charge in [0.05, 0.1) is 12.0 Å². The van der Waals surface area contributed by atoms with E-state index >= 15 is 0 Å². The molecule has 0 spiro atoms. The monoisotopic (exact) mass is 354 g/mol. The van der Waals surface area contributed by atoms with Crippen LogP contribution in [0.2, 0.25) is 0 Å². The summed E-state index contributed by atoms with van der Waals surface area (Å²) in [6.45, 7) is 3.27. The third-order valence-corrected chi connectivity index (χ3v) is 5.36.